The lowest BCUT2D eigenvalue weighted by Gasteiger charge is -2.23. The molecule has 18 heavy (non-hydrogen) atoms. The first-order chi connectivity index (χ1) is 8.59. The molecule has 1 aromatic rings. The number of carboxylic acids is 1. The number of aromatic hydroxyl groups is 1. The lowest BCUT2D eigenvalue weighted by Crippen LogP contribution is -2.16. The molecule has 0 amide bonds. The van der Waals surface area contributed by atoms with Gasteiger partial charge in [-0.3, -0.25) is 19.4 Å². The minimum atomic E-state index is -0.973. The van der Waals surface area contributed by atoms with Crippen LogP contribution in [0.25, 0.3) is 0 Å². The molecular formula is C12H18N2O4. The number of carboxylic acid groups (broad SMARTS) is 1. The van der Waals surface area contributed by atoms with Gasteiger partial charge in [0.15, 0.2) is 0 Å². The molecular weight excluding hydrogens is 236 g/mol. The highest BCUT2D eigenvalue weighted by molar-refractivity contribution is 5.67. The van der Waals surface area contributed by atoms with Crippen molar-refractivity contribution < 1.29 is 15.0 Å². The van der Waals surface area contributed by atoms with E-state index in [0.717, 1.165) is 25.7 Å². The first-order valence-corrected chi connectivity index (χ1v) is 6.33. The van der Waals surface area contributed by atoms with Crippen LogP contribution in [0.15, 0.2) is 4.79 Å². The maximum atomic E-state index is 11.7. The fraction of sp³-hybridized carbons (Fsp3) is 0.667. The van der Waals surface area contributed by atoms with Crippen LogP contribution in [0.5, 0.6) is 5.88 Å². The lowest BCUT2D eigenvalue weighted by molar-refractivity contribution is -0.136. The van der Waals surface area contributed by atoms with E-state index in [9.17, 15) is 14.7 Å². The predicted molar refractivity (Wildman–Crippen MR) is 64.8 cm³/mol. The Morgan fingerprint density at radius 3 is 2.61 bits per heavy atom. The minimum absolute atomic E-state index is 0.0657. The van der Waals surface area contributed by atoms with E-state index in [2.05, 4.69) is 5.10 Å². The van der Waals surface area contributed by atoms with Crippen LogP contribution in [0.4, 0.5) is 0 Å². The molecule has 0 aliphatic heterocycles. The highest BCUT2D eigenvalue weighted by Crippen LogP contribution is 2.31. The van der Waals surface area contributed by atoms with Crippen molar-refractivity contribution in [2.24, 2.45) is 0 Å². The molecule has 1 heterocycles. The minimum Gasteiger partial charge on any atom is -0.493 e. The van der Waals surface area contributed by atoms with Crippen LogP contribution in [0.3, 0.4) is 0 Å². The van der Waals surface area contributed by atoms with Gasteiger partial charge < -0.3 is 10.2 Å². The molecule has 1 fully saturated rings. The average molecular weight is 254 g/mol. The number of hydrogen-bond donors (Lipinski definition) is 3. The Kier molecular flexibility index (Phi) is 3.74. The smallest absolute Gasteiger partial charge is 0.303 e. The molecule has 2 rings (SSSR count). The van der Waals surface area contributed by atoms with Gasteiger partial charge in [-0.25, -0.2) is 0 Å². The van der Waals surface area contributed by atoms with Gasteiger partial charge in [-0.15, -0.1) is 0 Å². The Labute approximate surface area is 104 Å². The normalized spacial score (nSPS) is 16.9. The summed E-state index contributed by atoms with van der Waals surface area (Å²) in [5, 5.41) is 21.2. The summed E-state index contributed by atoms with van der Waals surface area (Å²) in [5.74, 6) is -1.06. The van der Waals surface area contributed by atoms with E-state index in [4.69, 9.17) is 5.11 Å². The lowest BCUT2D eigenvalue weighted by atomic mass is 9.96. The van der Waals surface area contributed by atoms with Crippen LogP contribution >= 0.6 is 0 Å². The number of aromatic nitrogens is 2. The molecule has 1 aliphatic rings. The van der Waals surface area contributed by atoms with Crippen LogP contribution in [0, 0.1) is 0 Å². The molecule has 1 aliphatic carbocycles. The second-order valence-electron chi connectivity index (χ2n) is 4.80. The van der Waals surface area contributed by atoms with Gasteiger partial charge in [0.2, 0.25) is 5.88 Å². The number of nitrogens with zero attached hydrogens (tertiary/aromatic N) is 1. The van der Waals surface area contributed by atoms with Gasteiger partial charge >= 0.3 is 5.97 Å². The molecule has 0 spiro atoms. The molecule has 3 N–H and O–H groups in total. The van der Waals surface area contributed by atoms with Crippen molar-refractivity contribution in [1.29, 1.82) is 0 Å². The number of rotatable bonds is 4. The van der Waals surface area contributed by atoms with Gasteiger partial charge in [-0.2, -0.15) is 0 Å². The van der Waals surface area contributed by atoms with Crippen LogP contribution < -0.4 is 5.56 Å². The van der Waals surface area contributed by atoms with Crippen molar-refractivity contribution in [3.63, 3.8) is 0 Å². The second kappa shape index (κ2) is 5.29. The third-order valence-electron chi connectivity index (χ3n) is 3.52. The van der Waals surface area contributed by atoms with E-state index < -0.39 is 5.97 Å². The molecule has 0 radical (unpaired) electrons. The molecule has 0 bridgehead atoms. The Bertz CT molecular complexity index is 483. The summed E-state index contributed by atoms with van der Waals surface area (Å²) >= 11 is 0. The zero-order chi connectivity index (χ0) is 13.1. The highest BCUT2D eigenvalue weighted by Gasteiger charge is 2.22. The Hall–Kier alpha value is -1.72. The first-order valence-electron chi connectivity index (χ1n) is 6.33. The second-order valence-corrected chi connectivity index (χ2v) is 4.80. The van der Waals surface area contributed by atoms with Crippen molar-refractivity contribution in [3.05, 3.63) is 15.9 Å². The van der Waals surface area contributed by atoms with E-state index in [1.807, 2.05) is 0 Å². The van der Waals surface area contributed by atoms with Gasteiger partial charge in [0.25, 0.3) is 5.56 Å². The molecule has 6 heteroatoms. The summed E-state index contributed by atoms with van der Waals surface area (Å²) < 4.78 is 1.51. The van der Waals surface area contributed by atoms with Crippen molar-refractivity contribution in [2.45, 2.75) is 51.0 Å². The maximum Gasteiger partial charge on any atom is 0.303 e. The van der Waals surface area contributed by atoms with Crippen LogP contribution in [0.2, 0.25) is 0 Å². The zero-order valence-electron chi connectivity index (χ0n) is 10.2. The average Bonchev–Trinajstić information content (AvgIpc) is 2.63. The van der Waals surface area contributed by atoms with E-state index in [1.165, 1.54) is 11.1 Å². The van der Waals surface area contributed by atoms with E-state index in [-0.39, 0.29) is 35.9 Å². The Balaban J connectivity index is 2.19. The Morgan fingerprint density at radius 1 is 1.33 bits per heavy atom. The van der Waals surface area contributed by atoms with Crippen molar-refractivity contribution >= 4 is 5.97 Å². The number of aromatic amines is 1. The predicted octanol–water partition coefficient (Wildman–Crippen LogP) is 1.40. The third kappa shape index (κ3) is 2.57. The van der Waals surface area contributed by atoms with E-state index in [0.29, 0.717) is 0 Å². The quantitative estimate of drug-likeness (QED) is 0.756. The van der Waals surface area contributed by atoms with Crippen molar-refractivity contribution in [3.8, 4) is 5.88 Å². The molecule has 6 nitrogen and oxygen atoms in total. The van der Waals surface area contributed by atoms with E-state index >= 15 is 0 Å². The molecule has 100 valence electrons. The van der Waals surface area contributed by atoms with Crippen LogP contribution in [0.1, 0.15) is 50.1 Å². The zero-order valence-corrected chi connectivity index (χ0v) is 10.2. The third-order valence-corrected chi connectivity index (χ3v) is 3.52. The molecule has 0 unspecified atom stereocenters. The molecule has 0 saturated heterocycles. The van der Waals surface area contributed by atoms with Crippen LogP contribution in [-0.2, 0) is 11.2 Å². The summed E-state index contributed by atoms with van der Waals surface area (Å²) in [6.07, 6.45) is 5.17. The largest absolute Gasteiger partial charge is 0.493 e. The topological polar surface area (TPSA) is 95.3 Å². The molecule has 1 saturated carbocycles. The number of carbonyl (C=O) groups is 1. The number of aliphatic carboxylic acids is 1. The fourth-order valence-electron chi connectivity index (χ4n) is 2.54. The Morgan fingerprint density at radius 2 is 2.00 bits per heavy atom. The van der Waals surface area contributed by atoms with E-state index in [1.54, 1.807) is 0 Å². The first kappa shape index (κ1) is 12.7. The summed E-state index contributed by atoms with van der Waals surface area (Å²) in [6.45, 7) is 0. The molecule has 0 atom stereocenters. The summed E-state index contributed by atoms with van der Waals surface area (Å²) in [7, 11) is 0. The van der Waals surface area contributed by atoms with Gasteiger partial charge in [0, 0.05) is 6.42 Å². The summed E-state index contributed by atoms with van der Waals surface area (Å²) in [6, 6.07) is 0.130. The van der Waals surface area contributed by atoms with Gasteiger partial charge in [-0.05, 0) is 19.3 Å². The van der Waals surface area contributed by atoms with Gasteiger partial charge in [0.1, 0.15) is 0 Å². The SMILES string of the molecule is O=C(O)CCc1c(O)n(C2CCCCC2)[nH]c1=O. The van der Waals surface area contributed by atoms with Gasteiger partial charge in [0.05, 0.1) is 11.6 Å². The summed E-state index contributed by atoms with van der Waals surface area (Å²) in [5.41, 5.74) is -0.192. The molecule has 1 aromatic heterocycles. The van der Waals surface area contributed by atoms with Crippen LogP contribution in [-0.4, -0.2) is 26.0 Å². The number of H-pyrrole nitrogens is 1. The number of hydrogen-bond acceptors (Lipinski definition) is 3. The highest BCUT2D eigenvalue weighted by atomic mass is 16.4. The summed E-state index contributed by atoms with van der Waals surface area (Å²) in [4.78, 5) is 22.2. The maximum absolute atomic E-state index is 11.7. The van der Waals surface area contributed by atoms with Gasteiger partial charge in [-0.1, -0.05) is 19.3 Å². The van der Waals surface area contributed by atoms with Crippen molar-refractivity contribution in [2.75, 3.05) is 0 Å². The van der Waals surface area contributed by atoms with Crippen molar-refractivity contribution in [1.82, 2.24) is 9.78 Å². The monoisotopic (exact) mass is 254 g/mol. The molecule has 0 aromatic carbocycles. The number of nitrogens with one attached hydrogen (secondary N) is 1. The fourth-order valence-corrected chi connectivity index (χ4v) is 2.54. The standard InChI is InChI=1S/C12H18N2O4/c15-10(16)7-6-9-11(17)13-14(12(9)18)8-4-2-1-3-5-8/h8,18H,1-7H2,(H,13,17)(H,15,16).